The van der Waals surface area contributed by atoms with Crippen molar-refractivity contribution in [3.05, 3.63) is 60.2 Å². The highest BCUT2D eigenvalue weighted by Gasteiger charge is 2.23. The smallest absolute Gasteiger partial charge is 0.245 e. The lowest BCUT2D eigenvalue weighted by Crippen LogP contribution is -2.20. The molecule has 0 spiro atoms. The zero-order chi connectivity index (χ0) is 10.8. The standard InChI is InChI=1S/C14H12O2/c1-2-6-11(7-3-1)10-14-15-12-8-4-5-9-13(12)16-14/h1-9,14H,10H2. The van der Waals surface area contributed by atoms with Crippen molar-refractivity contribution in [1.29, 1.82) is 0 Å². The molecule has 1 heterocycles. The Balaban J connectivity index is 1.73. The van der Waals surface area contributed by atoms with Crippen LogP contribution in [0.5, 0.6) is 11.5 Å². The van der Waals surface area contributed by atoms with Crippen LogP contribution in [0, 0.1) is 0 Å². The SMILES string of the molecule is c1ccc(CC2Oc3ccccc3O2)cc1. The lowest BCUT2D eigenvalue weighted by molar-refractivity contribution is 0.0502. The highest BCUT2D eigenvalue weighted by atomic mass is 16.7. The minimum atomic E-state index is -0.195. The number of hydrogen-bond donors (Lipinski definition) is 0. The summed E-state index contributed by atoms with van der Waals surface area (Å²) in [5.41, 5.74) is 1.22. The minimum absolute atomic E-state index is 0.195. The first-order chi connectivity index (χ1) is 7.92. The van der Waals surface area contributed by atoms with Gasteiger partial charge in [0, 0.05) is 6.42 Å². The number of para-hydroxylation sites is 2. The van der Waals surface area contributed by atoms with E-state index < -0.39 is 0 Å². The van der Waals surface area contributed by atoms with Gasteiger partial charge in [-0.05, 0) is 17.7 Å². The summed E-state index contributed by atoms with van der Waals surface area (Å²) < 4.78 is 11.4. The molecule has 2 heteroatoms. The van der Waals surface area contributed by atoms with Gasteiger partial charge in [-0.25, -0.2) is 0 Å². The second-order valence-electron chi connectivity index (χ2n) is 3.80. The average Bonchev–Trinajstić information content (AvgIpc) is 2.72. The maximum atomic E-state index is 5.69. The molecule has 16 heavy (non-hydrogen) atoms. The van der Waals surface area contributed by atoms with Crippen LogP contribution in [-0.2, 0) is 6.42 Å². The predicted octanol–water partition coefficient (Wildman–Crippen LogP) is 3.03. The second kappa shape index (κ2) is 3.89. The first-order valence-electron chi connectivity index (χ1n) is 5.38. The number of hydrogen-bond acceptors (Lipinski definition) is 2. The van der Waals surface area contributed by atoms with E-state index in [0.717, 1.165) is 17.9 Å². The molecule has 0 bridgehead atoms. The predicted molar refractivity (Wildman–Crippen MR) is 61.6 cm³/mol. The van der Waals surface area contributed by atoms with Gasteiger partial charge in [0.1, 0.15) is 0 Å². The molecular formula is C14H12O2. The Kier molecular flexibility index (Phi) is 2.26. The number of benzene rings is 2. The molecule has 0 unspecified atom stereocenters. The van der Waals surface area contributed by atoms with Gasteiger partial charge in [-0.3, -0.25) is 0 Å². The Morgan fingerprint density at radius 1 is 0.750 bits per heavy atom. The lowest BCUT2D eigenvalue weighted by atomic mass is 10.1. The van der Waals surface area contributed by atoms with Crippen LogP contribution in [0.2, 0.25) is 0 Å². The molecule has 0 amide bonds. The third-order valence-electron chi connectivity index (χ3n) is 2.61. The Hall–Kier alpha value is -1.96. The Morgan fingerprint density at radius 3 is 1.94 bits per heavy atom. The summed E-state index contributed by atoms with van der Waals surface area (Å²) in [6.07, 6.45) is 0.579. The fourth-order valence-electron chi connectivity index (χ4n) is 1.84. The van der Waals surface area contributed by atoms with Crippen LogP contribution in [0.3, 0.4) is 0 Å². The largest absolute Gasteiger partial charge is 0.451 e. The molecule has 0 aromatic heterocycles. The molecular weight excluding hydrogens is 200 g/mol. The Bertz CT molecular complexity index is 454. The van der Waals surface area contributed by atoms with E-state index in [0.29, 0.717) is 0 Å². The van der Waals surface area contributed by atoms with Gasteiger partial charge < -0.3 is 9.47 Å². The van der Waals surface area contributed by atoms with Crippen LogP contribution in [0.15, 0.2) is 54.6 Å². The number of rotatable bonds is 2. The van der Waals surface area contributed by atoms with Crippen LogP contribution in [0.4, 0.5) is 0 Å². The molecule has 0 saturated heterocycles. The van der Waals surface area contributed by atoms with Gasteiger partial charge in [-0.1, -0.05) is 42.5 Å². The van der Waals surface area contributed by atoms with Gasteiger partial charge in [-0.2, -0.15) is 0 Å². The molecule has 1 aliphatic rings. The minimum Gasteiger partial charge on any atom is -0.451 e. The van der Waals surface area contributed by atoms with Crippen LogP contribution in [0.1, 0.15) is 5.56 Å². The molecule has 2 aromatic rings. The Labute approximate surface area is 94.4 Å². The molecule has 1 aliphatic heterocycles. The monoisotopic (exact) mass is 212 g/mol. The highest BCUT2D eigenvalue weighted by molar-refractivity contribution is 5.42. The first-order valence-corrected chi connectivity index (χ1v) is 5.38. The summed E-state index contributed by atoms with van der Waals surface area (Å²) in [5.74, 6) is 1.67. The maximum absolute atomic E-state index is 5.69. The van der Waals surface area contributed by atoms with Crippen LogP contribution >= 0.6 is 0 Å². The molecule has 80 valence electrons. The topological polar surface area (TPSA) is 18.5 Å². The molecule has 0 N–H and O–H groups in total. The molecule has 2 aromatic carbocycles. The summed E-state index contributed by atoms with van der Waals surface area (Å²) in [5, 5.41) is 0. The van der Waals surface area contributed by atoms with Crippen molar-refractivity contribution < 1.29 is 9.47 Å². The summed E-state index contributed by atoms with van der Waals surface area (Å²) in [7, 11) is 0. The average molecular weight is 212 g/mol. The summed E-state index contributed by atoms with van der Waals surface area (Å²) in [4.78, 5) is 0. The van der Waals surface area contributed by atoms with Crippen molar-refractivity contribution >= 4 is 0 Å². The number of fused-ring (bicyclic) bond motifs is 1. The third-order valence-corrected chi connectivity index (χ3v) is 2.61. The van der Waals surface area contributed by atoms with Crippen molar-refractivity contribution in [1.82, 2.24) is 0 Å². The normalized spacial score (nSPS) is 14.0. The van der Waals surface area contributed by atoms with Gasteiger partial charge in [0.05, 0.1) is 0 Å². The van der Waals surface area contributed by atoms with E-state index in [-0.39, 0.29) is 6.29 Å². The molecule has 0 atom stereocenters. The van der Waals surface area contributed by atoms with Gasteiger partial charge >= 0.3 is 0 Å². The fraction of sp³-hybridized carbons (Fsp3) is 0.143. The van der Waals surface area contributed by atoms with E-state index in [2.05, 4.69) is 12.1 Å². The van der Waals surface area contributed by atoms with Crippen LogP contribution in [0.25, 0.3) is 0 Å². The van der Waals surface area contributed by atoms with Crippen LogP contribution < -0.4 is 9.47 Å². The Morgan fingerprint density at radius 2 is 1.31 bits per heavy atom. The molecule has 0 saturated carbocycles. The molecule has 0 radical (unpaired) electrons. The van der Waals surface area contributed by atoms with Gasteiger partial charge in [0.25, 0.3) is 0 Å². The van der Waals surface area contributed by atoms with E-state index in [9.17, 15) is 0 Å². The van der Waals surface area contributed by atoms with E-state index in [1.54, 1.807) is 0 Å². The highest BCUT2D eigenvalue weighted by Crippen LogP contribution is 2.34. The fourth-order valence-corrected chi connectivity index (χ4v) is 1.84. The zero-order valence-corrected chi connectivity index (χ0v) is 8.80. The van der Waals surface area contributed by atoms with E-state index in [1.807, 2.05) is 42.5 Å². The van der Waals surface area contributed by atoms with E-state index >= 15 is 0 Å². The van der Waals surface area contributed by atoms with Crippen molar-refractivity contribution in [2.24, 2.45) is 0 Å². The van der Waals surface area contributed by atoms with Crippen molar-refractivity contribution in [3.63, 3.8) is 0 Å². The van der Waals surface area contributed by atoms with E-state index in [1.165, 1.54) is 5.56 Å². The first kappa shape index (κ1) is 9.28. The van der Waals surface area contributed by atoms with Gasteiger partial charge in [-0.15, -0.1) is 0 Å². The summed E-state index contributed by atoms with van der Waals surface area (Å²) in [6.45, 7) is 0. The molecule has 0 fully saturated rings. The van der Waals surface area contributed by atoms with Crippen molar-refractivity contribution in [2.75, 3.05) is 0 Å². The van der Waals surface area contributed by atoms with Gasteiger partial charge in [0.15, 0.2) is 11.5 Å². The quantitative estimate of drug-likeness (QED) is 0.761. The summed E-state index contributed by atoms with van der Waals surface area (Å²) >= 11 is 0. The van der Waals surface area contributed by atoms with Crippen LogP contribution in [-0.4, -0.2) is 6.29 Å². The zero-order valence-electron chi connectivity index (χ0n) is 8.80. The van der Waals surface area contributed by atoms with Gasteiger partial charge in [0.2, 0.25) is 6.29 Å². The van der Waals surface area contributed by atoms with Crippen molar-refractivity contribution in [3.8, 4) is 11.5 Å². The number of ether oxygens (including phenoxy) is 2. The van der Waals surface area contributed by atoms with E-state index in [4.69, 9.17) is 9.47 Å². The summed E-state index contributed by atoms with van der Waals surface area (Å²) in [6, 6.07) is 18.0. The third kappa shape index (κ3) is 1.74. The lowest BCUT2D eigenvalue weighted by Gasteiger charge is -2.09. The second-order valence-corrected chi connectivity index (χ2v) is 3.80. The maximum Gasteiger partial charge on any atom is 0.245 e. The molecule has 3 rings (SSSR count). The molecule has 2 nitrogen and oxygen atoms in total. The van der Waals surface area contributed by atoms with Crippen molar-refractivity contribution in [2.45, 2.75) is 12.7 Å². The molecule has 0 aliphatic carbocycles.